The highest BCUT2D eigenvalue weighted by atomic mass is 32.2. The Kier molecular flexibility index (Phi) is 9.79. The summed E-state index contributed by atoms with van der Waals surface area (Å²) < 4.78 is 37.0. The van der Waals surface area contributed by atoms with Gasteiger partial charge in [0, 0.05) is 6.54 Å². The fourth-order valence-corrected chi connectivity index (χ4v) is 3.95. The monoisotopic (exact) mass is 463 g/mol. The van der Waals surface area contributed by atoms with E-state index in [4.69, 9.17) is 15.2 Å². The van der Waals surface area contributed by atoms with Crippen LogP contribution >= 0.6 is 0 Å². The number of carbonyl (C=O) groups is 2. The molecule has 0 aliphatic rings. The van der Waals surface area contributed by atoms with E-state index in [9.17, 15) is 18.0 Å². The van der Waals surface area contributed by atoms with Crippen molar-refractivity contribution in [2.45, 2.75) is 31.3 Å². The fourth-order valence-electron chi connectivity index (χ4n) is 2.81. The number of nitrogens with zero attached hydrogens (tertiary/aromatic N) is 1. The molecule has 0 bridgehead atoms. The van der Waals surface area contributed by atoms with Crippen LogP contribution in [0.3, 0.4) is 0 Å². The molecular weight excluding hydrogens is 434 g/mol. The summed E-state index contributed by atoms with van der Waals surface area (Å²) in [6.45, 7) is 7.35. The SMILES string of the molecule is CCN(CC)CCOc1ccc(C(=O)OC(=O)C[C@@H](N)NS(=O)(=O)c2ccccc2)cc1. The number of nitrogens with two attached hydrogens (primary N) is 1. The van der Waals surface area contributed by atoms with E-state index >= 15 is 0 Å². The second-order valence-corrected chi connectivity index (χ2v) is 8.62. The van der Waals surface area contributed by atoms with E-state index in [1.807, 2.05) is 0 Å². The summed E-state index contributed by atoms with van der Waals surface area (Å²) in [6.07, 6.45) is -1.76. The Labute approximate surface area is 188 Å². The molecule has 0 saturated heterocycles. The van der Waals surface area contributed by atoms with E-state index in [2.05, 4.69) is 23.5 Å². The van der Waals surface area contributed by atoms with Crippen LogP contribution in [0.2, 0.25) is 0 Å². The van der Waals surface area contributed by atoms with Crippen LogP contribution in [0.25, 0.3) is 0 Å². The number of likely N-dealkylation sites (N-methyl/N-ethyl adjacent to an activating group) is 1. The molecule has 174 valence electrons. The van der Waals surface area contributed by atoms with Gasteiger partial charge in [0.05, 0.1) is 23.0 Å². The molecule has 0 spiro atoms. The molecule has 0 heterocycles. The Morgan fingerprint density at radius 3 is 2.25 bits per heavy atom. The molecule has 9 nitrogen and oxygen atoms in total. The fraction of sp³-hybridized carbons (Fsp3) is 0.364. The van der Waals surface area contributed by atoms with E-state index in [1.54, 1.807) is 30.3 Å². The summed E-state index contributed by atoms with van der Waals surface area (Å²) in [5.74, 6) is -1.21. The molecule has 0 aliphatic heterocycles. The zero-order valence-electron chi connectivity index (χ0n) is 18.2. The number of hydrogen-bond acceptors (Lipinski definition) is 8. The van der Waals surface area contributed by atoms with Crippen molar-refractivity contribution in [3.8, 4) is 5.75 Å². The van der Waals surface area contributed by atoms with Crippen molar-refractivity contribution < 1.29 is 27.5 Å². The maximum Gasteiger partial charge on any atom is 0.345 e. The van der Waals surface area contributed by atoms with Crippen molar-refractivity contribution in [3.05, 3.63) is 60.2 Å². The first-order valence-corrected chi connectivity index (χ1v) is 11.8. The van der Waals surface area contributed by atoms with Crippen molar-refractivity contribution in [2.75, 3.05) is 26.2 Å². The molecule has 10 heteroatoms. The van der Waals surface area contributed by atoms with Crippen molar-refractivity contribution in [3.63, 3.8) is 0 Å². The van der Waals surface area contributed by atoms with Crippen molar-refractivity contribution >= 4 is 22.0 Å². The van der Waals surface area contributed by atoms with Gasteiger partial charge in [-0.1, -0.05) is 32.0 Å². The highest BCUT2D eigenvalue weighted by Gasteiger charge is 2.21. The molecule has 1 atom stereocenters. The zero-order valence-corrected chi connectivity index (χ0v) is 19.0. The Hall–Kier alpha value is -2.79. The van der Waals surface area contributed by atoms with Gasteiger partial charge in [-0.2, -0.15) is 4.72 Å². The number of benzene rings is 2. The Morgan fingerprint density at radius 1 is 1.03 bits per heavy atom. The summed E-state index contributed by atoms with van der Waals surface area (Å²) in [7, 11) is -3.89. The summed E-state index contributed by atoms with van der Waals surface area (Å²) in [5.41, 5.74) is 5.86. The Bertz CT molecular complexity index is 976. The van der Waals surface area contributed by atoms with Crippen molar-refractivity contribution in [1.82, 2.24) is 9.62 Å². The first-order valence-electron chi connectivity index (χ1n) is 10.3. The largest absolute Gasteiger partial charge is 0.492 e. The van der Waals surface area contributed by atoms with Crippen LogP contribution in [0.1, 0.15) is 30.6 Å². The smallest absolute Gasteiger partial charge is 0.345 e. The van der Waals surface area contributed by atoms with Gasteiger partial charge in [0.25, 0.3) is 0 Å². The minimum absolute atomic E-state index is 0.0132. The number of ether oxygens (including phenoxy) is 2. The number of nitrogens with one attached hydrogen (secondary N) is 1. The third-order valence-electron chi connectivity index (χ3n) is 4.61. The van der Waals surface area contributed by atoms with Crippen LogP contribution in [0, 0.1) is 0 Å². The van der Waals surface area contributed by atoms with E-state index in [1.165, 1.54) is 24.3 Å². The average molecular weight is 464 g/mol. The van der Waals surface area contributed by atoms with E-state index in [-0.39, 0.29) is 10.5 Å². The van der Waals surface area contributed by atoms with Gasteiger partial charge < -0.3 is 20.1 Å². The molecule has 2 rings (SSSR count). The third-order valence-corrected chi connectivity index (χ3v) is 6.12. The minimum atomic E-state index is -3.89. The third kappa shape index (κ3) is 8.04. The average Bonchev–Trinajstić information content (AvgIpc) is 2.77. The predicted octanol–water partition coefficient (Wildman–Crippen LogP) is 1.74. The minimum Gasteiger partial charge on any atom is -0.492 e. The molecule has 0 fully saturated rings. The highest BCUT2D eigenvalue weighted by Crippen LogP contribution is 2.14. The van der Waals surface area contributed by atoms with E-state index < -0.39 is 34.5 Å². The van der Waals surface area contributed by atoms with Crippen LogP contribution in [-0.2, 0) is 19.6 Å². The van der Waals surface area contributed by atoms with E-state index in [0.29, 0.717) is 12.4 Å². The molecule has 2 aromatic carbocycles. The van der Waals surface area contributed by atoms with Gasteiger partial charge in [0.15, 0.2) is 0 Å². The second kappa shape index (κ2) is 12.3. The lowest BCUT2D eigenvalue weighted by Gasteiger charge is -2.18. The number of sulfonamides is 1. The van der Waals surface area contributed by atoms with Gasteiger partial charge in [0.2, 0.25) is 10.0 Å². The van der Waals surface area contributed by atoms with Gasteiger partial charge in [-0.25, -0.2) is 13.2 Å². The molecular formula is C22H29N3O6S. The first kappa shape index (κ1) is 25.5. The van der Waals surface area contributed by atoms with Gasteiger partial charge in [-0.3, -0.25) is 4.79 Å². The van der Waals surface area contributed by atoms with Gasteiger partial charge in [-0.15, -0.1) is 0 Å². The van der Waals surface area contributed by atoms with Crippen molar-refractivity contribution in [1.29, 1.82) is 0 Å². The lowest BCUT2D eigenvalue weighted by molar-refractivity contribution is -0.138. The van der Waals surface area contributed by atoms with Gasteiger partial charge >= 0.3 is 11.9 Å². The Morgan fingerprint density at radius 2 is 1.66 bits per heavy atom. The maximum atomic E-state index is 12.2. The molecule has 0 aromatic heterocycles. The standard InChI is InChI=1S/C22H29N3O6S/c1-3-25(4-2)14-15-30-18-12-10-17(11-13-18)22(27)31-21(26)16-20(23)24-32(28,29)19-8-6-5-7-9-19/h5-13,20,24H,3-4,14-16,23H2,1-2H3/t20-/m0/s1. The molecule has 0 unspecified atom stereocenters. The number of carbonyl (C=O) groups excluding carboxylic acids is 2. The number of rotatable bonds is 12. The summed E-state index contributed by atoms with van der Waals surface area (Å²) in [4.78, 5) is 26.4. The molecule has 2 aromatic rings. The maximum absolute atomic E-state index is 12.2. The summed E-state index contributed by atoms with van der Waals surface area (Å²) in [6, 6.07) is 13.8. The van der Waals surface area contributed by atoms with Crippen LogP contribution in [0.5, 0.6) is 5.75 Å². The zero-order chi connectivity index (χ0) is 23.6. The van der Waals surface area contributed by atoms with Crippen LogP contribution in [0.4, 0.5) is 0 Å². The normalized spacial score (nSPS) is 12.4. The summed E-state index contributed by atoms with van der Waals surface area (Å²) >= 11 is 0. The number of esters is 2. The van der Waals surface area contributed by atoms with Gasteiger partial charge in [-0.05, 0) is 49.5 Å². The van der Waals surface area contributed by atoms with E-state index in [0.717, 1.165) is 19.6 Å². The van der Waals surface area contributed by atoms with Crippen LogP contribution < -0.4 is 15.2 Å². The topological polar surface area (TPSA) is 128 Å². The molecule has 32 heavy (non-hydrogen) atoms. The molecule has 0 radical (unpaired) electrons. The molecule has 3 N–H and O–H groups in total. The lowest BCUT2D eigenvalue weighted by atomic mass is 10.2. The quantitative estimate of drug-likeness (QED) is 0.277. The lowest BCUT2D eigenvalue weighted by Crippen LogP contribution is -2.43. The van der Waals surface area contributed by atoms with Gasteiger partial charge in [0.1, 0.15) is 12.4 Å². The molecule has 0 amide bonds. The molecule has 0 saturated carbocycles. The Balaban J connectivity index is 1.82. The van der Waals surface area contributed by atoms with Crippen LogP contribution in [-0.4, -0.2) is 57.7 Å². The first-order chi connectivity index (χ1) is 15.2. The summed E-state index contributed by atoms with van der Waals surface area (Å²) in [5, 5.41) is 0. The highest BCUT2D eigenvalue weighted by molar-refractivity contribution is 7.89. The second-order valence-electron chi connectivity index (χ2n) is 6.91. The molecule has 0 aliphatic carbocycles. The van der Waals surface area contributed by atoms with Crippen molar-refractivity contribution in [2.24, 2.45) is 5.73 Å². The predicted molar refractivity (Wildman–Crippen MR) is 120 cm³/mol. The van der Waals surface area contributed by atoms with Crippen LogP contribution in [0.15, 0.2) is 59.5 Å². The number of hydrogen-bond donors (Lipinski definition) is 2.